The molecule has 1 aliphatic heterocycles. The van der Waals surface area contributed by atoms with Crippen LogP contribution in [0.15, 0.2) is 16.7 Å². The fraction of sp³-hybridized carbons (Fsp3) is 0.444. The van der Waals surface area contributed by atoms with E-state index in [2.05, 4.69) is 5.16 Å². The van der Waals surface area contributed by atoms with Gasteiger partial charge in [-0.15, -0.1) is 0 Å². The molecule has 3 amide bonds. The molecule has 2 aliphatic rings. The maximum Gasteiger partial charge on any atom is 0.327 e. The number of amides is 3. The molecule has 3 heterocycles. The highest BCUT2D eigenvalue weighted by molar-refractivity contribution is 6.08. The highest BCUT2D eigenvalue weighted by Gasteiger charge is 2.44. The van der Waals surface area contributed by atoms with E-state index in [1.807, 2.05) is 18.4 Å². The fourth-order valence-electron chi connectivity index (χ4n) is 3.47. The molecule has 0 unspecified atom stereocenters. The Morgan fingerprint density at radius 2 is 1.96 bits per heavy atom. The number of Topliss-reactive ketones (excluding diaryl/α,β-unsaturated/α-hetero) is 1. The number of carbonyl (C=O) groups excluding carboxylic acids is 3. The van der Waals surface area contributed by atoms with Gasteiger partial charge in [0.05, 0.1) is 6.54 Å². The summed E-state index contributed by atoms with van der Waals surface area (Å²) in [6.07, 6.45) is 1.86. The molecule has 0 aromatic carbocycles. The first-order valence-corrected chi connectivity index (χ1v) is 8.63. The molecule has 1 saturated carbocycles. The molecule has 8 heteroatoms. The minimum Gasteiger partial charge on any atom is -0.360 e. The third-order valence-corrected chi connectivity index (χ3v) is 4.95. The number of nitrogens with zero attached hydrogens (tertiary/aromatic N) is 4. The van der Waals surface area contributed by atoms with Gasteiger partial charge in [-0.3, -0.25) is 19.1 Å². The van der Waals surface area contributed by atoms with Crippen molar-refractivity contribution in [1.82, 2.24) is 19.5 Å². The van der Waals surface area contributed by atoms with Gasteiger partial charge in [0.25, 0.3) is 5.91 Å². The Bertz CT molecular complexity index is 922. The van der Waals surface area contributed by atoms with Crippen molar-refractivity contribution < 1.29 is 18.9 Å². The smallest absolute Gasteiger partial charge is 0.327 e. The number of urea groups is 1. The minimum absolute atomic E-state index is 0.0774. The van der Waals surface area contributed by atoms with E-state index >= 15 is 0 Å². The molecule has 0 spiro atoms. The molecule has 8 nitrogen and oxygen atoms in total. The van der Waals surface area contributed by atoms with Crippen molar-refractivity contribution in [3.8, 4) is 5.82 Å². The van der Waals surface area contributed by atoms with Crippen LogP contribution in [0, 0.1) is 20.8 Å². The predicted octanol–water partition coefficient (Wildman–Crippen LogP) is 2.00. The Labute approximate surface area is 150 Å². The van der Waals surface area contributed by atoms with Crippen LogP contribution >= 0.6 is 0 Å². The lowest BCUT2D eigenvalue weighted by atomic mass is 10.1. The van der Waals surface area contributed by atoms with Gasteiger partial charge in [0.1, 0.15) is 12.3 Å². The lowest BCUT2D eigenvalue weighted by molar-refractivity contribution is -0.125. The van der Waals surface area contributed by atoms with Gasteiger partial charge in [0.2, 0.25) is 0 Å². The molecule has 0 bridgehead atoms. The fourth-order valence-corrected chi connectivity index (χ4v) is 3.47. The van der Waals surface area contributed by atoms with Crippen molar-refractivity contribution in [1.29, 1.82) is 0 Å². The first-order valence-electron chi connectivity index (χ1n) is 8.63. The molecule has 136 valence electrons. The van der Waals surface area contributed by atoms with Gasteiger partial charge in [-0.05, 0) is 39.7 Å². The Kier molecular flexibility index (Phi) is 3.71. The largest absolute Gasteiger partial charge is 0.360 e. The standard InChI is InChI=1S/C18H20N4O4/c1-10-6-14(12(3)22(10)16-7-11(2)26-19-16)15(23)8-21-17(24)9-20(18(21)25)13-4-5-13/h6-7,13H,4-5,8-9H2,1-3H3. The number of imide groups is 1. The highest BCUT2D eigenvalue weighted by atomic mass is 16.5. The number of hydrogen-bond acceptors (Lipinski definition) is 5. The quantitative estimate of drug-likeness (QED) is 0.604. The second-order valence-electron chi connectivity index (χ2n) is 6.96. The van der Waals surface area contributed by atoms with Crippen molar-refractivity contribution >= 4 is 17.7 Å². The number of ketones is 1. The molecular formula is C18H20N4O4. The molecule has 2 fully saturated rings. The van der Waals surface area contributed by atoms with Gasteiger partial charge in [0, 0.05) is 29.1 Å². The molecule has 0 N–H and O–H groups in total. The zero-order chi connectivity index (χ0) is 18.6. The van der Waals surface area contributed by atoms with Crippen molar-refractivity contribution in [3.05, 3.63) is 34.8 Å². The molecule has 4 rings (SSSR count). The number of carbonyl (C=O) groups is 3. The first-order chi connectivity index (χ1) is 12.4. The maximum atomic E-state index is 12.8. The summed E-state index contributed by atoms with van der Waals surface area (Å²) in [6.45, 7) is 5.33. The van der Waals surface area contributed by atoms with Gasteiger partial charge in [-0.25, -0.2) is 4.79 Å². The highest BCUT2D eigenvalue weighted by Crippen LogP contribution is 2.30. The number of aryl methyl sites for hydroxylation is 2. The summed E-state index contributed by atoms with van der Waals surface area (Å²) in [5, 5.41) is 4.00. The lowest BCUT2D eigenvalue weighted by Crippen LogP contribution is -2.37. The molecule has 1 aliphatic carbocycles. The third kappa shape index (κ3) is 2.61. The number of rotatable bonds is 5. The van der Waals surface area contributed by atoms with Crippen LogP contribution in [-0.2, 0) is 4.79 Å². The SMILES string of the molecule is Cc1cc(-n2c(C)cc(C(=O)CN3C(=O)CN(C4CC4)C3=O)c2C)no1. The molecule has 2 aromatic rings. The molecule has 1 saturated heterocycles. The number of hydrogen-bond donors (Lipinski definition) is 0. The van der Waals surface area contributed by atoms with Gasteiger partial charge in [-0.1, -0.05) is 5.16 Å². The topological polar surface area (TPSA) is 88.7 Å². The van der Waals surface area contributed by atoms with Crippen LogP contribution < -0.4 is 0 Å². The second kappa shape index (κ2) is 5.82. The zero-order valence-electron chi connectivity index (χ0n) is 15.0. The number of aromatic nitrogens is 2. The average molecular weight is 356 g/mol. The second-order valence-corrected chi connectivity index (χ2v) is 6.96. The van der Waals surface area contributed by atoms with Crippen molar-refractivity contribution in [2.24, 2.45) is 0 Å². The summed E-state index contributed by atoms with van der Waals surface area (Å²) in [6, 6.07) is 3.35. The van der Waals surface area contributed by atoms with E-state index in [0.717, 1.165) is 23.4 Å². The van der Waals surface area contributed by atoms with Crippen LogP contribution in [0.25, 0.3) is 5.82 Å². The summed E-state index contributed by atoms with van der Waals surface area (Å²) in [5.74, 6) is 0.707. The van der Waals surface area contributed by atoms with E-state index in [0.29, 0.717) is 22.8 Å². The van der Waals surface area contributed by atoms with Gasteiger partial charge in [-0.2, -0.15) is 0 Å². The molecule has 0 atom stereocenters. The Balaban J connectivity index is 1.57. The Morgan fingerprint density at radius 3 is 2.58 bits per heavy atom. The lowest BCUT2D eigenvalue weighted by Gasteiger charge is -2.15. The van der Waals surface area contributed by atoms with Crippen LogP contribution in [0.4, 0.5) is 4.79 Å². The maximum absolute atomic E-state index is 12.8. The van der Waals surface area contributed by atoms with Crippen LogP contribution in [-0.4, -0.2) is 56.4 Å². The predicted molar refractivity (Wildman–Crippen MR) is 91.2 cm³/mol. The molecule has 26 heavy (non-hydrogen) atoms. The summed E-state index contributed by atoms with van der Waals surface area (Å²) < 4.78 is 6.94. The van der Waals surface area contributed by atoms with E-state index in [4.69, 9.17) is 4.52 Å². The normalized spacial score (nSPS) is 17.5. The molecule has 2 aromatic heterocycles. The van der Waals surface area contributed by atoms with E-state index in [-0.39, 0.29) is 36.9 Å². The van der Waals surface area contributed by atoms with Crippen LogP contribution in [0.3, 0.4) is 0 Å². The van der Waals surface area contributed by atoms with Crippen molar-refractivity contribution in [2.75, 3.05) is 13.1 Å². The van der Waals surface area contributed by atoms with Crippen molar-refractivity contribution in [2.45, 2.75) is 39.7 Å². The summed E-state index contributed by atoms with van der Waals surface area (Å²) in [7, 11) is 0. The van der Waals surface area contributed by atoms with E-state index in [9.17, 15) is 14.4 Å². The monoisotopic (exact) mass is 356 g/mol. The first kappa shape index (κ1) is 16.6. The molecule has 0 radical (unpaired) electrons. The van der Waals surface area contributed by atoms with Crippen LogP contribution in [0.5, 0.6) is 0 Å². The van der Waals surface area contributed by atoms with Crippen molar-refractivity contribution in [3.63, 3.8) is 0 Å². The van der Waals surface area contributed by atoms with Gasteiger partial charge in [0.15, 0.2) is 11.6 Å². The minimum atomic E-state index is -0.355. The van der Waals surface area contributed by atoms with Crippen LogP contribution in [0.1, 0.15) is 40.3 Å². The van der Waals surface area contributed by atoms with Gasteiger partial charge < -0.3 is 9.42 Å². The summed E-state index contributed by atoms with van der Waals surface area (Å²) >= 11 is 0. The third-order valence-electron chi connectivity index (χ3n) is 4.95. The summed E-state index contributed by atoms with van der Waals surface area (Å²) in [5.41, 5.74) is 2.02. The summed E-state index contributed by atoms with van der Waals surface area (Å²) in [4.78, 5) is 40.0. The Hall–Kier alpha value is -2.90. The van der Waals surface area contributed by atoms with E-state index < -0.39 is 0 Å². The van der Waals surface area contributed by atoms with Gasteiger partial charge >= 0.3 is 6.03 Å². The zero-order valence-corrected chi connectivity index (χ0v) is 15.0. The van der Waals surface area contributed by atoms with E-state index in [1.165, 1.54) is 0 Å². The van der Waals surface area contributed by atoms with E-state index in [1.54, 1.807) is 24.0 Å². The Morgan fingerprint density at radius 1 is 1.23 bits per heavy atom. The van der Waals surface area contributed by atoms with Crippen LogP contribution in [0.2, 0.25) is 0 Å². The average Bonchev–Trinajstić information content (AvgIpc) is 3.20. The molecular weight excluding hydrogens is 336 g/mol.